The maximum atomic E-state index is 11.6. The van der Waals surface area contributed by atoms with Crippen LogP contribution in [0.1, 0.15) is 19.4 Å². The lowest BCUT2D eigenvalue weighted by molar-refractivity contribution is -0.153. The number of aryl methyl sites for hydroxylation is 1. The van der Waals surface area contributed by atoms with Gasteiger partial charge in [0.1, 0.15) is 5.41 Å². The molecule has 0 bridgehead atoms. The van der Waals surface area contributed by atoms with Crippen molar-refractivity contribution in [2.45, 2.75) is 20.4 Å². The van der Waals surface area contributed by atoms with Gasteiger partial charge in [0, 0.05) is 25.4 Å². The van der Waals surface area contributed by atoms with E-state index in [0.29, 0.717) is 0 Å². The largest absolute Gasteiger partial charge is 0.480 e. The molecule has 0 spiro atoms. The van der Waals surface area contributed by atoms with Gasteiger partial charge in [-0.1, -0.05) is 0 Å². The van der Waals surface area contributed by atoms with Crippen molar-refractivity contribution in [2.75, 3.05) is 0 Å². The molecule has 1 rings (SSSR count). The molecule has 0 radical (unpaired) electrons. The van der Waals surface area contributed by atoms with Gasteiger partial charge in [-0.3, -0.25) is 14.3 Å². The van der Waals surface area contributed by atoms with Gasteiger partial charge in [-0.2, -0.15) is 5.10 Å². The van der Waals surface area contributed by atoms with E-state index in [1.165, 1.54) is 13.8 Å². The summed E-state index contributed by atoms with van der Waals surface area (Å²) in [4.78, 5) is 22.4. The molecule has 0 fully saturated rings. The summed E-state index contributed by atoms with van der Waals surface area (Å²) in [5.41, 5.74) is -0.584. The Balaban J connectivity index is 2.56. The number of aliphatic carboxylic acids is 1. The first kappa shape index (κ1) is 12.2. The molecule has 0 aliphatic heterocycles. The van der Waals surface area contributed by atoms with E-state index in [1.807, 2.05) is 0 Å². The van der Waals surface area contributed by atoms with E-state index in [2.05, 4.69) is 10.4 Å². The second-order valence-electron chi connectivity index (χ2n) is 4.14. The van der Waals surface area contributed by atoms with Gasteiger partial charge in [0.15, 0.2) is 0 Å². The van der Waals surface area contributed by atoms with Crippen molar-refractivity contribution < 1.29 is 14.7 Å². The highest BCUT2D eigenvalue weighted by atomic mass is 16.4. The third-order valence-electron chi connectivity index (χ3n) is 2.31. The highest BCUT2D eigenvalue weighted by molar-refractivity contribution is 6.00. The van der Waals surface area contributed by atoms with Crippen LogP contribution in [0.4, 0.5) is 0 Å². The van der Waals surface area contributed by atoms with Crippen LogP contribution in [0.3, 0.4) is 0 Å². The number of carboxylic acid groups (broad SMARTS) is 1. The van der Waals surface area contributed by atoms with Crippen molar-refractivity contribution in [3.05, 3.63) is 18.0 Å². The summed E-state index contributed by atoms with van der Waals surface area (Å²) in [5, 5.41) is 15.3. The lowest BCUT2D eigenvalue weighted by atomic mass is 9.93. The van der Waals surface area contributed by atoms with Crippen molar-refractivity contribution in [3.63, 3.8) is 0 Å². The molecule has 0 aliphatic rings. The van der Waals surface area contributed by atoms with Crippen molar-refractivity contribution >= 4 is 11.9 Å². The van der Waals surface area contributed by atoms with Crippen molar-refractivity contribution in [1.82, 2.24) is 15.1 Å². The molecule has 88 valence electrons. The van der Waals surface area contributed by atoms with Gasteiger partial charge in [-0.15, -0.1) is 0 Å². The lowest BCUT2D eigenvalue weighted by Crippen LogP contribution is -2.41. The average Bonchev–Trinajstić information content (AvgIpc) is 2.60. The Bertz CT molecular complexity index is 409. The van der Waals surface area contributed by atoms with Crippen LogP contribution in [0.15, 0.2) is 12.4 Å². The standard InChI is InChI=1S/C10H15N3O3/c1-10(2,9(15)16)8(14)11-4-7-5-12-13(3)6-7/h5-6H,4H2,1-3H3,(H,11,14)(H,15,16). The summed E-state index contributed by atoms with van der Waals surface area (Å²) < 4.78 is 1.61. The van der Waals surface area contributed by atoms with Gasteiger partial charge in [-0.05, 0) is 13.8 Å². The predicted molar refractivity (Wildman–Crippen MR) is 56.5 cm³/mol. The third kappa shape index (κ3) is 2.59. The molecule has 1 aromatic rings. The van der Waals surface area contributed by atoms with Gasteiger partial charge >= 0.3 is 5.97 Å². The fourth-order valence-electron chi connectivity index (χ4n) is 1.06. The second-order valence-corrected chi connectivity index (χ2v) is 4.14. The van der Waals surface area contributed by atoms with Gasteiger partial charge in [-0.25, -0.2) is 0 Å². The van der Waals surface area contributed by atoms with Crippen LogP contribution in [-0.2, 0) is 23.2 Å². The lowest BCUT2D eigenvalue weighted by Gasteiger charge is -2.17. The summed E-state index contributed by atoms with van der Waals surface area (Å²) in [7, 11) is 1.77. The molecule has 0 aromatic carbocycles. The highest BCUT2D eigenvalue weighted by Gasteiger charge is 2.35. The normalized spacial score (nSPS) is 11.2. The Morgan fingerprint density at radius 2 is 2.19 bits per heavy atom. The predicted octanol–water partition coefficient (Wildman–Crippen LogP) is 0.147. The molecule has 0 atom stereocenters. The van der Waals surface area contributed by atoms with E-state index < -0.39 is 17.3 Å². The summed E-state index contributed by atoms with van der Waals surface area (Å²) in [5.74, 6) is -1.65. The van der Waals surface area contributed by atoms with Crippen LogP contribution in [0.2, 0.25) is 0 Å². The number of nitrogens with zero attached hydrogens (tertiary/aromatic N) is 2. The molecule has 0 aliphatic carbocycles. The Kier molecular flexibility index (Phi) is 3.31. The maximum absolute atomic E-state index is 11.6. The summed E-state index contributed by atoms with van der Waals surface area (Å²) in [6, 6.07) is 0. The van der Waals surface area contributed by atoms with Crippen LogP contribution in [0.5, 0.6) is 0 Å². The Morgan fingerprint density at radius 3 is 2.62 bits per heavy atom. The summed E-state index contributed by atoms with van der Waals surface area (Å²) >= 11 is 0. The zero-order valence-electron chi connectivity index (χ0n) is 9.52. The quantitative estimate of drug-likeness (QED) is 0.714. The molecule has 0 unspecified atom stereocenters. The Morgan fingerprint density at radius 1 is 1.56 bits per heavy atom. The highest BCUT2D eigenvalue weighted by Crippen LogP contribution is 2.15. The molecule has 0 saturated heterocycles. The Hall–Kier alpha value is -1.85. The molecule has 1 amide bonds. The van der Waals surface area contributed by atoms with Crippen LogP contribution < -0.4 is 5.32 Å². The molecular formula is C10H15N3O3. The van der Waals surface area contributed by atoms with E-state index in [4.69, 9.17) is 5.11 Å². The number of hydrogen-bond acceptors (Lipinski definition) is 3. The van der Waals surface area contributed by atoms with Gasteiger partial charge in [0.25, 0.3) is 0 Å². The maximum Gasteiger partial charge on any atom is 0.318 e. The minimum absolute atomic E-state index is 0.281. The zero-order valence-corrected chi connectivity index (χ0v) is 9.52. The fraction of sp³-hybridized carbons (Fsp3) is 0.500. The molecule has 6 nitrogen and oxygen atoms in total. The van der Waals surface area contributed by atoms with Crippen molar-refractivity contribution in [1.29, 1.82) is 0 Å². The first-order valence-corrected chi connectivity index (χ1v) is 4.83. The molecule has 1 aromatic heterocycles. The zero-order chi connectivity index (χ0) is 12.3. The topological polar surface area (TPSA) is 84.2 Å². The van der Waals surface area contributed by atoms with Crippen molar-refractivity contribution in [2.24, 2.45) is 12.5 Å². The van der Waals surface area contributed by atoms with E-state index in [9.17, 15) is 9.59 Å². The number of carboxylic acids is 1. The van der Waals surface area contributed by atoms with Crippen LogP contribution >= 0.6 is 0 Å². The minimum atomic E-state index is -1.41. The van der Waals surface area contributed by atoms with Crippen LogP contribution in [-0.4, -0.2) is 26.8 Å². The third-order valence-corrected chi connectivity index (χ3v) is 2.31. The first-order valence-electron chi connectivity index (χ1n) is 4.83. The number of hydrogen-bond donors (Lipinski definition) is 2. The number of amides is 1. The monoisotopic (exact) mass is 225 g/mol. The smallest absolute Gasteiger partial charge is 0.318 e. The van der Waals surface area contributed by atoms with E-state index in [1.54, 1.807) is 24.1 Å². The minimum Gasteiger partial charge on any atom is -0.480 e. The molecule has 0 saturated carbocycles. The fourth-order valence-corrected chi connectivity index (χ4v) is 1.06. The molecule has 2 N–H and O–H groups in total. The SMILES string of the molecule is Cn1cc(CNC(=O)C(C)(C)C(=O)O)cn1. The molecule has 1 heterocycles. The first-order chi connectivity index (χ1) is 7.34. The van der Waals surface area contributed by atoms with Gasteiger partial charge < -0.3 is 10.4 Å². The number of nitrogens with one attached hydrogen (secondary N) is 1. The second kappa shape index (κ2) is 4.34. The average molecular weight is 225 g/mol. The summed E-state index contributed by atoms with van der Waals surface area (Å²) in [6.07, 6.45) is 3.38. The van der Waals surface area contributed by atoms with Crippen molar-refractivity contribution in [3.8, 4) is 0 Å². The van der Waals surface area contributed by atoms with E-state index in [0.717, 1.165) is 5.56 Å². The summed E-state index contributed by atoms with van der Waals surface area (Å²) in [6.45, 7) is 3.02. The van der Waals surface area contributed by atoms with Gasteiger partial charge in [0.2, 0.25) is 5.91 Å². The number of rotatable bonds is 4. The van der Waals surface area contributed by atoms with Crippen LogP contribution in [0, 0.1) is 5.41 Å². The van der Waals surface area contributed by atoms with Gasteiger partial charge in [0.05, 0.1) is 6.20 Å². The number of carbonyl (C=O) groups excluding carboxylic acids is 1. The molecule has 16 heavy (non-hydrogen) atoms. The number of aromatic nitrogens is 2. The molecule has 6 heteroatoms. The van der Waals surface area contributed by atoms with Crippen LogP contribution in [0.25, 0.3) is 0 Å². The number of carbonyl (C=O) groups is 2. The van der Waals surface area contributed by atoms with E-state index in [-0.39, 0.29) is 6.54 Å². The Labute approximate surface area is 93.3 Å². The molecular weight excluding hydrogens is 210 g/mol. The van der Waals surface area contributed by atoms with E-state index >= 15 is 0 Å².